The maximum Gasteiger partial charge on any atom is 0.241 e. The fourth-order valence-corrected chi connectivity index (χ4v) is 1.39. The zero-order valence-corrected chi connectivity index (χ0v) is 10.5. The summed E-state index contributed by atoms with van der Waals surface area (Å²) < 4.78 is 0. The number of pyridine rings is 1. The van der Waals surface area contributed by atoms with Crippen LogP contribution in [0.15, 0.2) is 18.3 Å². The molecule has 0 atom stereocenters. The first-order chi connectivity index (χ1) is 8.08. The number of carbonyl (C=O) groups excluding carboxylic acids is 1. The van der Waals surface area contributed by atoms with Crippen LogP contribution in [0.1, 0.15) is 6.92 Å². The standard InChI is InChI=1S/C11H19N5O/c1-4-16(8-11(17)15(2)3)9-5-6-13-10(7-9)14-12/h5-7H,4,8,12H2,1-3H3,(H,13,14). The number of nitrogens with one attached hydrogen (secondary N) is 1. The number of hydrogen-bond donors (Lipinski definition) is 2. The van der Waals surface area contributed by atoms with Crippen LogP contribution < -0.4 is 16.2 Å². The molecule has 0 saturated heterocycles. The number of anilines is 2. The molecule has 0 fully saturated rings. The third-order valence-corrected chi connectivity index (χ3v) is 2.46. The van der Waals surface area contributed by atoms with Crippen LogP contribution in [0.4, 0.5) is 11.5 Å². The largest absolute Gasteiger partial charge is 0.362 e. The molecule has 3 N–H and O–H groups in total. The summed E-state index contributed by atoms with van der Waals surface area (Å²) in [6.45, 7) is 3.09. The van der Waals surface area contributed by atoms with E-state index in [0.29, 0.717) is 12.4 Å². The molecule has 0 aromatic carbocycles. The molecule has 0 unspecified atom stereocenters. The number of carbonyl (C=O) groups is 1. The lowest BCUT2D eigenvalue weighted by Gasteiger charge is -2.24. The average Bonchev–Trinajstić information content (AvgIpc) is 2.35. The Labute approximate surface area is 101 Å². The summed E-state index contributed by atoms with van der Waals surface area (Å²) >= 11 is 0. The number of aromatic nitrogens is 1. The molecule has 6 heteroatoms. The molecule has 1 heterocycles. The highest BCUT2D eigenvalue weighted by Crippen LogP contribution is 2.16. The SMILES string of the molecule is CCN(CC(=O)N(C)C)c1ccnc(NN)c1. The van der Waals surface area contributed by atoms with E-state index in [0.717, 1.165) is 12.2 Å². The molecule has 1 rings (SSSR count). The van der Waals surface area contributed by atoms with E-state index in [9.17, 15) is 4.79 Å². The van der Waals surface area contributed by atoms with Crippen LogP contribution in [0.2, 0.25) is 0 Å². The van der Waals surface area contributed by atoms with Gasteiger partial charge in [-0.05, 0) is 13.0 Å². The maximum atomic E-state index is 11.7. The first kappa shape index (κ1) is 13.2. The first-order valence-electron chi connectivity index (χ1n) is 5.46. The second-order valence-corrected chi connectivity index (χ2v) is 3.85. The van der Waals surface area contributed by atoms with Crippen molar-refractivity contribution in [3.8, 4) is 0 Å². The molecular formula is C11H19N5O. The number of nitrogens with zero attached hydrogens (tertiary/aromatic N) is 3. The lowest BCUT2D eigenvalue weighted by molar-refractivity contribution is -0.127. The molecule has 17 heavy (non-hydrogen) atoms. The topological polar surface area (TPSA) is 74.5 Å². The van der Waals surface area contributed by atoms with Gasteiger partial charge in [-0.15, -0.1) is 0 Å². The van der Waals surface area contributed by atoms with Crippen molar-refractivity contribution in [3.05, 3.63) is 18.3 Å². The molecule has 1 aromatic rings. The molecule has 0 bridgehead atoms. The van der Waals surface area contributed by atoms with Crippen LogP contribution in [0.3, 0.4) is 0 Å². The molecule has 0 aliphatic heterocycles. The zero-order valence-electron chi connectivity index (χ0n) is 10.5. The summed E-state index contributed by atoms with van der Waals surface area (Å²) in [7, 11) is 3.49. The van der Waals surface area contributed by atoms with E-state index < -0.39 is 0 Å². The minimum absolute atomic E-state index is 0.0610. The van der Waals surface area contributed by atoms with Crippen molar-refractivity contribution >= 4 is 17.4 Å². The van der Waals surface area contributed by atoms with Gasteiger partial charge in [-0.25, -0.2) is 10.8 Å². The Kier molecular flexibility index (Phi) is 4.71. The molecule has 0 saturated carbocycles. The zero-order chi connectivity index (χ0) is 12.8. The van der Waals surface area contributed by atoms with Gasteiger partial charge in [-0.2, -0.15) is 0 Å². The quantitative estimate of drug-likeness (QED) is 0.568. The summed E-state index contributed by atoms with van der Waals surface area (Å²) in [5.74, 6) is 5.95. The summed E-state index contributed by atoms with van der Waals surface area (Å²) in [4.78, 5) is 19.2. The molecule has 0 radical (unpaired) electrons. The van der Waals surface area contributed by atoms with Gasteiger partial charge < -0.3 is 15.2 Å². The van der Waals surface area contributed by atoms with Gasteiger partial charge in [-0.3, -0.25) is 4.79 Å². The third kappa shape index (κ3) is 3.60. The third-order valence-electron chi connectivity index (χ3n) is 2.46. The first-order valence-corrected chi connectivity index (χ1v) is 5.46. The van der Waals surface area contributed by atoms with Gasteiger partial charge in [0.05, 0.1) is 6.54 Å². The normalized spacial score (nSPS) is 9.88. The van der Waals surface area contributed by atoms with Crippen LogP contribution in [0, 0.1) is 0 Å². The summed E-state index contributed by atoms with van der Waals surface area (Å²) in [6, 6.07) is 3.67. The minimum Gasteiger partial charge on any atom is -0.362 e. The van der Waals surface area contributed by atoms with Crippen molar-refractivity contribution < 1.29 is 4.79 Å². The van der Waals surface area contributed by atoms with Crippen molar-refractivity contribution in [2.75, 3.05) is 37.5 Å². The molecule has 94 valence electrons. The Morgan fingerprint density at radius 3 is 2.76 bits per heavy atom. The summed E-state index contributed by atoms with van der Waals surface area (Å²) in [5.41, 5.74) is 3.41. The van der Waals surface area contributed by atoms with Crippen molar-refractivity contribution in [3.63, 3.8) is 0 Å². The Hall–Kier alpha value is -1.82. The van der Waals surface area contributed by atoms with Crippen LogP contribution >= 0.6 is 0 Å². The molecule has 0 aliphatic carbocycles. The Bertz CT molecular complexity index is 380. The van der Waals surface area contributed by atoms with Crippen molar-refractivity contribution in [1.82, 2.24) is 9.88 Å². The van der Waals surface area contributed by atoms with E-state index >= 15 is 0 Å². The number of amides is 1. The highest BCUT2D eigenvalue weighted by molar-refractivity contribution is 5.81. The second kappa shape index (κ2) is 6.05. The van der Waals surface area contributed by atoms with Crippen molar-refractivity contribution in [1.29, 1.82) is 0 Å². The number of hydrazine groups is 1. The number of nitrogens with two attached hydrogens (primary N) is 1. The molecular weight excluding hydrogens is 218 g/mol. The Morgan fingerprint density at radius 2 is 2.24 bits per heavy atom. The number of likely N-dealkylation sites (N-methyl/N-ethyl adjacent to an activating group) is 2. The average molecular weight is 237 g/mol. The van der Waals surface area contributed by atoms with Gasteiger partial charge in [0.1, 0.15) is 5.82 Å². The van der Waals surface area contributed by atoms with Gasteiger partial charge in [0.15, 0.2) is 0 Å². The van der Waals surface area contributed by atoms with E-state index in [2.05, 4.69) is 10.4 Å². The molecule has 1 amide bonds. The predicted octanol–water partition coefficient (Wildman–Crippen LogP) is 0.282. The molecule has 6 nitrogen and oxygen atoms in total. The fourth-order valence-electron chi connectivity index (χ4n) is 1.39. The molecule has 0 aliphatic rings. The summed E-state index contributed by atoms with van der Waals surface area (Å²) in [6.07, 6.45) is 1.66. The Morgan fingerprint density at radius 1 is 1.53 bits per heavy atom. The highest BCUT2D eigenvalue weighted by atomic mass is 16.2. The number of nitrogen functional groups attached to an aromatic ring is 1. The van der Waals surface area contributed by atoms with Crippen molar-refractivity contribution in [2.45, 2.75) is 6.92 Å². The fraction of sp³-hybridized carbons (Fsp3) is 0.455. The predicted molar refractivity (Wildman–Crippen MR) is 68.6 cm³/mol. The molecule has 1 aromatic heterocycles. The smallest absolute Gasteiger partial charge is 0.241 e. The lowest BCUT2D eigenvalue weighted by Crippen LogP contribution is -2.36. The van der Waals surface area contributed by atoms with Crippen LogP contribution in [-0.2, 0) is 4.79 Å². The van der Waals surface area contributed by atoms with Gasteiger partial charge in [0, 0.05) is 38.6 Å². The molecule has 0 spiro atoms. The lowest BCUT2D eigenvalue weighted by atomic mass is 10.3. The number of hydrogen-bond acceptors (Lipinski definition) is 5. The van der Waals surface area contributed by atoms with Gasteiger partial charge in [0.2, 0.25) is 5.91 Å². The van der Waals surface area contributed by atoms with E-state index in [1.54, 1.807) is 25.2 Å². The maximum absolute atomic E-state index is 11.7. The second-order valence-electron chi connectivity index (χ2n) is 3.85. The highest BCUT2D eigenvalue weighted by Gasteiger charge is 2.11. The summed E-state index contributed by atoms with van der Waals surface area (Å²) in [5, 5.41) is 0. The van der Waals surface area contributed by atoms with E-state index in [1.165, 1.54) is 0 Å². The van der Waals surface area contributed by atoms with Gasteiger partial charge in [-0.1, -0.05) is 0 Å². The monoisotopic (exact) mass is 237 g/mol. The van der Waals surface area contributed by atoms with E-state index in [4.69, 9.17) is 5.84 Å². The van der Waals surface area contributed by atoms with Crippen LogP contribution in [0.25, 0.3) is 0 Å². The van der Waals surface area contributed by atoms with Crippen molar-refractivity contribution in [2.24, 2.45) is 5.84 Å². The Balaban J connectivity index is 2.82. The van der Waals surface area contributed by atoms with Gasteiger partial charge in [0.25, 0.3) is 0 Å². The van der Waals surface area contributed by atoms with Gasteiger partial charge >= 0.3 is 0 Å². The van der Waals surface area contributed by atoms with E-state index in [1.807, 2.05) is 24.0 Å². The number of rotatable bonds is 5. The van der Waals surface area contributed by atoms with Crippen LogP contribution in [0.5, 0.6) is 0 Å². The minimum atomic E-state index is 0.0610. The van der Waals surface area contributed by atoms with E-state index in [-0.39, 0.29) is 5.91 Å². The van der Waals surface area contributed by atoms with Crippen LogP contribution in [-0.4, -0.2) is 43.0 Å².